The molecule has 1 N–H and O–H groups in total. The molecule has 0 fully saturated rings. The zero-order valence-corrected chi connectivity index (χ0v) is 14.8. The lowest BCUT2D eigenvalue weighted by molar-refractivity contribution is -0.114. The average molecular weight is 358 g/mol. The first-order chi connectivity index (χ1) is 13.2. The third-order valence-corrected chi connectivity index (χ3v) is 4.30. The zero-order valence-electron chi connectivity index (χ0n) is 14.8. The van der Waals surface area contributed by atoms with E-state index in [2.05, 4.69) is 15.3 Å². The summed E-state index contributed by atoms with van der Waals surface area (Å²) in [6.45, 7) is 0.393. The van der Waals surface area contributed by atoms with E-state index in [0.29, 0.717) is 23.8 Å². The normalized spacial score (nSPS) is 13.4. The van der Waals surface area contributed by atoms with Crippen LogP contribution in [0.4, 0.5) is 5.69 Å². The second-order valence-electron chi connectivity index (χ2n) is 6.11. The van der Waals surface area contributed by atoms with E-state index >= 15 is 0 Å². The number of aromatic nitrogens is 2. The molecule has 6 heteroatoms. The van der Waals surface area contributed by atoms with Crippen LogP contribution in [0.2, 0.25) is 0 Å². The van der Waals surface area contributed by atoms with E-state index in [-0.39, 0.29) is 5.91 Å². The molecule has 0 radical (unpaired) electrons. The maximum atomic E-state index is 12.6. The largest absolute Gasteiger partial charge is 0.441 e. The average Bonchev–Trinajstić information content (AvgIpc) is 2.74. The molecule has 4 rings (SSSR count). The Balaban J connectivity index is 1.48. The summed E-state index contributed by atoms with van der Waals surface area (Å²) in [4.78, 5) is 22.5. The highest BCUT2D eigenvalue weighted by molar-refractivity contribution is 6.05. The molecule has 0 atom stereocenters. The van der Waals surface area contributed by atoms with E-state index < -0.39 is 0 Å². The van der Waals surface area contributed by atoms with Gasteiger partial charge in [0, 0.05) is 36.9 Å². The molecule has 0 aliphatic carbocycles. The minimum absolute atomic E-state index is 0.0809. The van der Waals surface area contributed by atoms with Gasteiger partial charge < -0.3 is 15.0 Å². The fourth-order valence-electron chi connectivity index (χ4n) is 2.82. The predicted molar refractivity (Wildman–Crippen MR) is 104 cm³/mol. The number of benzene rings is 1. The standard InChI is InChI=1S/C21H18N4O2/c1-25(17-5-3-10-22-14-17)21(26)16-6-9-20(24-13-16)27-18-7-8-19-15(12-18)4-2-11-23-19/h2-12,14,24H,13H2,1H3. The maximum Gasteiger partial charge on any atom is 0.255 e. The highest BCUT2D eigenvalue weighted by atomic mass is 16.5. The molecule has 0 bridgehead atoms. The Labute approximate surface area is 156 Å². The van der Waals surface area contributed by atoms with Crippen LogP contribution in [0.1, 0.15) is 0 Å². The van der Waals surface area contributed by atoms with Gasteiger partial charge >= 0.3 is 0 Å². The number of nitrogens with one attached hydrogen (secondary N) is 1. The number of nitrogens with zero attached hydrogens (tertiary/aromatic N) is 3. The van der Waals surface area contributed by atoms with Crippen molar-refractivity contribution in [1.29, 1.82) is 0 Å². The van der Waals surface area contributed by atoms with Crippen LogP contribution in [0.3, 0.4) is 0 Å². The van der Waals surface area contributed by atoms with Crippen molar-refractivity contribution in [2.24, 2.45) is 0 Å². The van der Waals surface area contributed by atoms with Gasteiger partial charge in [-0.2, -0.15) is 0 Å². The van der Waals surface area contributed by atoms with E-state index in [0.717, 1.165) is 16.6 Å². The number of ether oxygens (including phenoxy) is 1. The number of fused-ring (bicyclic) bond motifs is 1. The fraction of sp³-hybridized carbons (Fsp3) is 0.0952. The van der Waals surface area contributed by atoms with Crippen molar-refractivity contribution in [3.8, 4) is 5.75 Å². The minimum atomic E-state index is -0.0809. The summed E-state index contributed by atoms with van der Waals surface area (Å²) < 4.78 is 5.88. The van der Waals surface area contributed by atoms with Crippen LogP contribution in [-0.2, 0) is 4.79 Å². The molecule has 2 aromatic heterocycles. The number of allylic oxidation sites excluding steroid dienone is 2. The van der Waals surface area contributed by atoms with Crippen molar-refractivity contribution < 1.29 is 9.53 Å². The van der Waals surface area contributed by atoms with Gasteiger partial charge in [-0.25, -0.2) is 0 Å². The summed E-state index contributed by atoms with van der Waals surface area (Å²) in [6, 6.07) is 13.3. The number of hydrogen-bond donors (Lipinski definition) is 1. The number of dihydropyridines is 1. The summed E-state index contributed by atoms with van der Waals surface area (Å²) in [5, 5.41) is 4.15. The number of carbonyl (C=O) groups excluding carboxylic acids is 1. The second kappa shape index (κ2) is 7.29. The molecule has 134 valence electrons. The van der Waals surface area contributed by atoms with Crippen molar-refractivity contribution in [1.82, 2.24) is 15.3 Å². The SMILES string of the molecule is CN(C(=O)C1=CC=C(Oc2ccc3ncccc3c2)NC1)c1cccnc1. The number of rotatable bonds is 4. The number of carbonyl (C=O) groups is 1. The summed E-state index contributed by atoms with van der Waals surface area (Å²) in [5.41, 5.74) is 2.32. The van der Waals surface area contributed by atoms with Crippen molar-refractivity contribution in [2.75, 3.05) is 18.5 Å². The second-order valence-corrected chi connectivity index (χ2v) is 6.11. The van der Waals surface area contributed by atoms with Gasteiger partial charge in [0.2, 0.25) is 0 Å². The smallest absolute Gasteiger partial charge is 0.255 e. The molecule has 3 aromatic rings. The molecule has 1 aliphatic heterocycles. The van der Waals surface area contributed by atoms with Crippen LogP contribution >= 0.6 is 0 Å². The van der Waals surface area contributed by atoms with Crippen LogP contribution in [0.5, 0.6) is 5.75 Å². The van der Waals surface area contributed by atoms with Crippen LogP contribution in [-0.4, -0.2) is 29.5 Å². The molecule has 27 heavy (non-hydrogen) atoms. The van der Waals surface area contributed by atoms with Crippen molar-refractivity contribution in [2.45, 2.75) is 0 Å². The van der Waals surface area contributed by atoms with Crippen LogP contribution in [0.15, 0.2) is 84.7 Å². The molecular weight excluding hydrogens is 340 g/mol. The Hall–Kier alpha value is -3.67. The third-order valence-electron chi connectivity index (χ3n) is 4.30. The third kappa shape index (κ3) is 3.64. The molecule has 3 heterocycles. The molecule has 1 amide bonds. The summed E-state index contributed by atoms with van der Waals surface area (Å²) >= 11 is 0. The van der Waals surface area contributed by atoms with E-state index in [1.807, 2.05) is 36.4 Å². The predicted octanol–water partition coefficient (Wildman–Crippen LogP) is 3.04. The number of anilines is 1. The zero-order chi connectivity index (χ0) is 18.6. The number of hydrogen-bond acceptors (Lipinski definition) is 5. The first-order valence-corrected chi connectivity index (χ1v) is 8.56. The van der Waals surface area contributed by atoms with Crippen molar-refractivity contribution in [3.63, 3.8) is 0 Å². The van der Waals surface area contributed by atoms with Gasteiger partial charge in [0.25, 0.3) is 5.91 Å². The first kappa shape index (κ1) is 16.8. The molecule has 0 saturated heterocycles. The Morgan fingerprint density at radius 1 is 1.15 bits per heavy atom. The van der Waals surface area contributed by atoms with Gasteiger partial charge in [-0.15, -0.1) is 0 Å². The van der Waals surface area contributed by atoms with Gasteiger partial charge in [-0.3, -0.25) is 14.8 Å². The van der Waals surface area contributed by atoms with E-state index in [9.17, 15) is 4.79 Å². The molecule has 1 aliphatic rings. The van der Waals surface area contributed by atoms with Gasteiger partial charge in [0.05, 0.1) is 17.4 Å². The summed E-state index contributed by atoms with van der Waals surface area (Å²) in [7, 11) is 1.74. The summed E-state index contributed by atoms with van der Waals surface area (Å²) in [6.07, 6.45) is 8.65. The first-order valence-electron chi connectivity index (χ1n) is 8.56. The van der Waals surface area contributed by atoms with E-state index in [1.165, 1.54) is 0 Å². The monoisotopic (exact) mass is 358 g/mol. The molecule has 1 aromatic carbocycles. The fourth-order valence-corrected chi connectivity index (χ4v) is 2.82. The van der Waals surface area contributed by atoms with Crippen molar-refractivity contribution in [3.05, 3.63) is 84.7 Å². The number of amides is 1. The minimum Gasteiger partial charge on any atom is -0.441 e. The van der Waals surface area contributed by atoms with Crippen LogP contribution < -0.4 is 15.0 Å². The van der Waals surface area contributed by atoms with Crippen LogP contribution in [0, 0.1) is 0 Å². The molecule has 6 nitrogen and oxygen atoms in total. The van der Waals surface area contributed by atoms with Gasteiger partial charge in [0.1, 0.15) is 5.75 Å². The van der Waals surface area contributed by atoms with E-state index in [4.69, 9.17) is 4.74 Å². The Kier molecular flexibility index (Phi) is 4.53. The van der Waals surface area contributed by atoms with Crippen LogP contribution in [0.25, 0.3) is 10.9 Å². The Morgan fingerprint density at radius 2 is 2.04 bits per heavy atom. The van der Waals surface area contributed by atoms with Gasteiger partial charge in [-0.05, 0) is 48.6 Å². The highest BCUT2D eigenvalue weighted by Crippen LogP contribution is 2.21. The molecule has 0 saturated carbocycles. The molecular formula is C21H18N4O2. The molecule has 0 unspecified atom stereocenters. The topological polar surface area (TPSA) is 67.4 Å². The van der Waals surface area contributed by atoms with Crippen molar-refractivity contribution >= 4 is 22.5 Å². The molecule has 0 spiro atoms. The highest BCUT2D eigenvalue weighted by Gasteiger charge is 2.18. The van der Waals surface area contributed by atoms with E-state index in [1.54, 1.807) is 48.8 Å². The van der Waals surface area contributed by atoms with Gasteiger partial charge in [0.15, 0.2) is 5.88 Å². The number of pyridine rings is 2. The van der Waals surface area contributed by atoms with Gasteiger partial charge in [-0.1, -0.05) is 6.07 Å². The lowest BCUT2D eigenvalue weighted by Gasteiger charge is -2.22. The lowest BCUT2D eigenvalue weighted by Crippen LogP contribution is -2.34. The Morgan fingerprint density at radius 3 is 2.81 bits per heavy atom. The summed E-state index contributed by atoms with van der Waals surface area (Å²) in [5.74, 6) is 1.23. The lowest BCUT2D eigenvalue weighted by atomic mass is 10.1. The quantitative estimate of drug-likeness (QED) is 0.776. The Bertz CT molecular complexity index is 1040. The number of likely N-dealkylation sites (N-methyl/N-ethyl adjacent to an activating group) is 1. The maximum absolute atomic E-state index is 12.6.